The summed E-state index contributed by atoms with van der Waals surface area (Å²) in [5, 5.41) is 30.0. The number of nitrogens with two attached hydrogens (primary N) is 2. The molecule has 0 bridgehead atoms. The van der Waals surface area contributed by atoms with E-state index in [9.17, 15) is 15.0 Å². The summed E-state index contributed by atoms with van der Waals surface area (Å²) in [5.41, 5.74) is 11.4. The van der Waals surface area contributed by atoms with Crippen molar-refractivity contribution in [2.24, 2.45) is 26.4 Å². The average Bonchev–Trinajstić information content (AvgIpc) is 3.17. The standard InChI is InChI=1S/C16H27N7O5/c1-23(2,4-3-8(17)16(26)27)5-9-11(24)12(25)15(28-9)22-7-21-10-13(18)19-6-20-14(10)22/h6-12,14-15,24-25H,3-5,17H2,1-2H3,(H2-,18,19,20,26,27)/p+1/t8-,9+,10?,11+,12+,14?,15+/m0/s1. The highest BCUT2D eigenvalue weighted by atomic mass is 16.6. The van der Waals surface area contributed by atoms with Gasteiger partial charge in [-0.15, -0.1) is 0 Å². The summed E-state index contributed by atoms with van der Waals surface area (Å²) in [5.74, 6) is -0.720. The van der Waals surface area contributed by atoms with Crippen molar-refractivity contribution in [1.82, 2.24) is 4.90 Å². The number of amidine groups is 1. The molecular formula is C16H28N7O5+. The van der Waals surface area contributed by atoms with Crippen LogP contribution in [0.3, 0.4) is 0 Å². The van der Waals surface area contributed by atoms with Crippen LogP contribution < -0.4 is 11.5 Å². The largest absolute Gasteiger partial charge is 0.480 e. The summed E-state index contributed by atoms with van der Waals surface area (Å²) in [6, 6.07) is -1.39. The van der Waals surface area contributed by atoms with Gasteiger partial charge in [0.15, 0.2) is 12.4 Å². The van der Waals surface area contributed by atoms with Gasteiger partial charge in [0.25, 0.3) is 0 Å². The zero-order chi connectivity index (χ0) is 20.6. The third-order valence-corrected chi connectivity index (χ3v) is 5.35. The summed E-state index contributed by atoms with van der Waals surface area (Å²) in [7, 11) is 3.78. The minimum Gasteiger partial charge on any atom is -0.480 e. The van der Waals surface area contributed by atoms with Crippen LogP contribution in [0.4, 0.5) is 0 Å². The maximum Gasteiger partial charge on any atom is 0.320 e. The molecule has 156 valence electrons. The smallest absolute Gasteiger partial charge is 0.320 e. The number of ether oxygens (including phenoxy) is 1. The summed E-state index contributed by atoms with van der Waals surface area (Å²) < 4.78 is 6.34. The van der Waals surface area contributed by atoms with Crippen molar-refractivity contribution in [3.63, 3.8) is 0 Å². The number of carbonyl (C=O) groups is 1. The SMILES string of the molecule is C[N+](C)(CC[C@H](N)C(=O)O)C[C@H]1O[C@@H](N2C=NC3C(N)=NC=NC32)[C@H](O)[C@@H]1O. The predicted octanol–water partition coefficient (Wildman–Crippen LogP) is -3.25. The Morgan fingerprint density at radius 1 is 1.36 bits per heavy atom. The van der Waals surface area contributed by atoms with E-state index in [4.69, 9.17) is 21.3 Å². The summed E-state index contributed by atoms with van der Waals surface area (Å²) in [4.78, 5) is 25.0. The van der Waals surface area contributed by atoms with E-state index in [1.54, 1.807) is 4.90 Å². The van der Waals surface area contributed by atoms with Crippen molar-refractivity contribution in [2.45, 2.75) is 49.2 Å². The van der Waals surface area contributed by atoms with Gasteiger partial charge in [0.1, 0.15) is 49.1 Å². The number of likely N-dealkylation sites (N-methyl/N-ethyl adjacent to an activating group) is 1. The van der Waals surface area contributed by atoms with Gasteiger partial charge in [-0.25, -0.2) is 9.98 Å². The number of aliphatic imine (C=N–C) groups is 3. The molecule has 28 heavy (non-hydrogen) atoms. The van der Waals surface area contributed by atoms with Gasteiger partial charge in [0.05, 0.1) is 27.0 Å². The molecule has 3 heterocycles. The number of carboxylic acid groups (broad SMARTS) is 1. The van der Waals surface area contributed by atoms with Gasteiger partial charge in [0, 0.05) is 6.42 Å². The minimum absolute atomic E-state index is 0.285. The van der Waals surface area contributed by atoms with Crippen LogP contribution in [0.25, 0.3) is 0 Å². The van der Waals surface area contributed by atoms with Crippen LogP contribution in [-0.2, 0) is 9.53 Å². The molecule has 0 radical (unpaired) electrons. The van der Waals surface area contributed by atoms with Gasteiger partial charge in [-0.3, -0.25) is 9.79 Å². The van der Waals surface area contributed by atoms with Gasteiger partial charge in [-0.05, 0) is 0 Å². The Hall–Kier alpha value is -2.12. The molecule has 3 aliphatic rings. The molecule has 1 saturated heterocycles. The Kier molecular flexibility index (Phi) is 5.68. The lowest BCUT2D eigenvalue weighted by atomic mass is 10.1. The fourth-order valence-electron chi connectivity index (χ4n) is 3.62. The van der Waals surface area contributed by atoms with Gasteiger partial charge in [-0.1, -0.05) is 0 Å². The monoisotopic (exact) mass is 398 g/mol. The van der Waals surface area contributed by atoms with E-state index >= 15 is 0 Å². The first-order chi connectivity index (χ1) is 13.1. The first-order valence-corrected chi connectivity index (χ1v) is 9.08. The lowest BCUT2D eigenvalue weighted by Crippen LogP contribution is -2.51. The van der Waals surface area contributed by atoms with Gasteiger partial charge < -0.3 is 40.9 Å². The number of fused-ring (bicyclic) bond motifs is 1. The van der Waals surface area contributed by atoms with Crippen LogP contribution in [-0.4, -0.2) is 119 Å². The van der Waals surface area contributed by atoms with E-state index in [-0.39, 0.29) is 6.42 Å². The fourth-order valence-corrected chi connectivity index (χ4v) is 3.62. The van der Waals surface area contributed by atoms with Crippen molar-refractivity contribution >= 4 is 24.5 Å². The lowest BCUT2D eigenvalue weighted by Gasteiger charge is -2.34. The molecule has 12 heteroatoms. The highest BCUT2D eigenvalue weighted by Gasteiger charge is 2.51. The van der Waals surface area contributed by atoms with Crippen molar-refractivity contribution in [1.29, 1.82) is 0 Å². The van der Waals surface area contributed by atoms with Gasteiger partial charge in [-0.2, -0.15) is 0 Å². The summed E-state index contributed by atoms with van der Waals surface area (Å²) in [6.07, 6.45) is -1.08. The molecule has 0 amide bonds. The van der Waals surface area contributed by atoms with Crippen LogP contribution in [0.1, 0.15) is 6.42 Å². The molecule has 3 rings (SSSR count). The van der Waals surface area contributed by atoms with E-state index in [1.165, 1.54) is 12.7 Å². The number of hydrogen-bond acceptors (Lipinski definition) is 10. The number of rotatable bonds is 7. The predicted molar refractivity (Wildman–Crippen MR) is 101 cm³/mol. The van der Waals surface area contributed by atoms with E-state index in [0.29, 0.717) is 23.4 Å². The molecule has 1 fully saturated rings. The average molecular weight is 398 g/mol. The van der Waals surface area contributed by atoms with E-state index < -0.39 is 48.8 Å². The van der Waals surface area contributed by atoms with Crippen molar-refractivity contribution in [3.8, 4) is 0 Å². The first-order valence-electron chi connectivity index (χ1n) is 9.08. The highest BCUT2D eigenvalue weighted by Crippen LogP contribution is 2.30. The molecule has 0 aliphatic carbocycles. The van der Waals surface area contributed by atoms with Crippen LogP contribution >= 0.6 is 0 Å². The van der Waals surface area contributed by atoms with Crippen LogP contribution in [0.5, 0.6) is 0 Å². The van der Waals surface area contributed by atoms with Crippen molar-refractivity contribution in [3.05, 3.63) is 0 Å². The number of hydrogen-bond donors (Lipinski definition) is 5. The Balaban J connectivity index is 1.63. The van der Waals surface area contributed by atoms with E-state index in [2.05, 4.69) is 15.0 Å². The molecule has 0 aromatic carbocycles. The van der Waals surface area contributed by atoms with E-state index in [0.717, 1.165) is 0 Å². The fraction of sp³-hybridized carbons (Fsp3) is 0.750. The number of aliphatic carboxylic acids is 1. The zero-order valence-corrected chi connectivity index (χ0v) is 15.9. The van der Waals surface area contributed by atoms with Gasteiger partial charge >= 0.3 is 5.97 Å². The molecule has 0 saturated carbocycles. The Morgan fingerprint density at radius 3 is 2.75 bits per heavy atom. The number of carboxylic acids is 1. The topological polar surface area (TPSA) is 179 Å². The Labute approximate surface area is 162 Å². The van der Waals surface area contributed by atoms with Crippen LogP contribution in [0.2, 0.25) is 0 Å². The van der Waals surface area contributed by atoms with Crippen LogP contribution in [0, 0.1) is 0 Å². The lowest BCUT2D eigenvalue weighted by molar-refractivity contribution is -0.893. The highest BCUT2D eigenvalue weighted by molar-refractivity contribution is 5.96. The number of aliphatic hydroxyl groups is 2. The molecule has 2 unspecified atom stereocenters. The zero-order valence-electron chi connectivity index (χ0n) is 15.9. The minimum atomic E-state index is -1.16. The third-order valence-electron chi connectivity index (χ3n) is 5.35. The molecule has 0 spiro atoms. The first kappa shape index (κ1) is 20.6. The normalized spacial score (nSPS) is 35.8. The van der Waals surface area contributed by atoms with Crippen molar-refractivity contribution in [2.75, 3.05) is 27.2 Å². The van der Waals surface area contributed by atoms with Gasteiger partial charge in [0.2, 0.25) is 0 Å². The molecule has 7 atom stereocenters. The second kappa shape index (κ2) is 7.72. The second-order valence-corrected chi connectivity index (χ2v) is 8.01. The second-order valence-electron chi connectivity index (χ2n) is 8.01. The Morgan fingerprint density at radius 2 is 2.07 bits per heavy atom. The maximum atomic E-state index is 10.9. The number of nitrogens with zero attached hydrogens (tertiary/aromatic N) is 5. The summed E-state index contributed by atoms with van der Waals surface area (Å²) >= 11 is 0. The quantitative estimate of drug-likeness (QED) is 0.277. The molecule has 12 nitrogen and oxygen atoms in total. The molecule has 7 N–H and O–H groups in total. The third kappa shape index (κ3) is 4.00. The molecule has 0 aromatic rings. The number of aliphatic hydroxyl groups excluding tert-OH is 2. The van der Waals surface area contributed by atoms with Crippen molar-refractivity contribution < 1.29 is 29.3 Å². The maximum absolute atomic E-state index is 10.9. The molecule has 0 aromatic heterocycles. The van der Waals surface area contributed by atoms with E-state index in [1.807, 2.05) is 14.1 Å². The number of quaternary nitrogens is 1. The molecule has 3 aliphatic heterocycles. The van der Waals surface area contributed by atoms with Crippen LogP contribution in [0.15, 0.2) is 15.0 Å². The Bertz CT molecular complexity index is 697. The molecular weight excluding hydrogens is 370 g/mol. The summed E-state index contributed by atoms with van der Waals surface area (Å²) in [6.45, 7) is 0.848.